The predicted molar refractivity (Wildman–Crippen MR) is 73.3 cm³/mol. The van der Waals surface area contributed by atoms with E-state index in [2.05, 4.69) is 26.2 Å². The molecular weight excluding hydrogens is 304 g/mol. The van der Waals surface area contributed by atoms with Gasteiger partial charge in [-0.3, -0.25) is 4.79 Å². The molecule has 1 aromatic heterocycles. The smallest absolute Gasteiger partial charge is 0.254 e. The molecule has 0 saturated heterocycles. The number of amides is 1. The van der Waals surface area contributed by atoms with E-state index in [4.69, 9.17) is 0 Å². The van der Waals surface area contributed by atoms with Crippen LogP contribution in [0.4, 0.5) is 0 Å². The summed E-state index contributed by atoms with van der Waals surface area (Å²) in [5.74, 6) is 0.327. The Kier molecular flexibility index (Phi) is 5.42. The van der Waals surface area contributed by atoms with Crippen LogP contribution in [0, 0.1) is 0 Å². The summed E-state index contributed by atoms with van der Waals surface area (Å²) in [4.78, 5) is 15.8. The van der Waals surface area contributed by atoms with Crippen LogP contribution in [-0.2, 0) is 0 Å². The minimum absolute atomic E-state index is 0.216. The lowest BCUT2D eigenvalue weighted by molar-refractivity contribution is 0.0724. The molecule has 94 valence electrons. The Morgan fingerprint density at radius 1 is 1.71 bits per heavy atom. The first-order valence-electron chi connectivity index (χ1n) is 5.06. The highest BCUT2D eigenvalue weighted by atomic mass is 79.9. The summed E-state index contributed by atoms with van der Waals surface area (Å²) in [5.41, 5.74) is -0.434. The van der Waals surface area contributed by atoms with Crippen molar-refractivity contribution in [3.05, 3.63) is 28.5 Å². The van der Waals surface area contributed by atoms with Crippen molar-refractivity contribution in [2.24, 2.45) is 0 Å². The van der Waals surface area contributed by atoms with Crippen molar-refractivity contribution < 1.29 is 9.90 Å². The minimum Gasteiger partial charge on any atom is -0.387 e. The highest BCUT2D eigenvalue weighted by molar-refractivity contribution is 9.10. The van der Waals surface area contributed by atoms with Gasteiger partial charge in [0.15, 0.2) is 0 Å². The first-order valence-corrected chi connectivity index (χ1v) is 7.25. The lowest BCUT2D eigenvalue weighted by Gasteiger charge is -2.22. The number of hydrogen-bond acceptors (Lipinski definition) is 4. The summed E-state index contributed by atoms with van der Waals surface area (Å²) in [6, 6.07) is 3.37. The second kappa shape index (κ2) is 6.37. The molecule has 1 amide bonds. The first-order chi connectivity index (χ1) is 7.96. The number of halogens is 1. The maximum Gasteiger partial charge on any atom is 0.254 e. The van der Waals surface area contributed by atoms with Crippen molar-refractivity contribution in [2.45, 2.75) is 12.5 Å². The molecule has 1 heterocycles. The molecule has 0 fully saturated rings. The number of carbonyl (C=O) groups is 1. The van der Waals surface area contributed by atoms with Crippen LogP contribution in [0.15, 0.2) is 22.9 Å². The summed E-state index contributed by atoms with van der Waals surface area (Å²) >= 11 is 4.75. The molecule has 6 heteroatoms. The molecule has 0 aliphatic carbocycles. The number of hydrogen-bond donors (Lipinski definition) is 2. The molecule has 0 spiro atoms. The fourth-order valence-corrected chi connectivity index (χ4v) is 2.44. The zero-order valence-electron chi connectivity index (χ0n) is 9.74. The van der Waals surface area contributed by atoms with Crippen molar-refractivity contribution >= 4 is 33.6 Å². The van der Waals surface area contributed by atoms with Gasteiger partial charge in [0, 0.05) is 18.5 Å². The molecule has 4 nitrogen and oxygen atoms in total. The largest absolute Gasteiger partial charge is 0.387 e. The third-order valence-corrected chi connectivity index (χ3v) is 3.63. The maximum absolute atomic E-state index is 11.8. The van der Waals surface area contributed by atoms with E-state index in [1.807, 2.05) is 6.26 Å². The van der Waals surface area contributed by atoms with E-state index in [1.165, 1.54) is 11.8 Å². The predicted octanol–water partition coefficient (Wildman–Crippen LogP) is 1.69. The lowest BCUT2D eigenvalue weighted by Crippen LogP contribution is -2.42. The second-order valence-electron chi connectivity index (χ2n) is 3.95. The van der Waals surface area contributed by atoms with Gasteiger partial charge in [0.2, 0.25) is 0 Å². The number of nitrogens with zero attached hydrogens (tertiary/aromatic N) is 1. The second-order valence-corrected chi connectivity index (χ2v) is 5.57. The molecule has 1 aromatic rings. The molecule has 17 heavy (non-hydrogen) atoms. The molecule has 1 atom stereocenters. The number of aromatic nitrogens is 1. The van der Waals surface area contributed by atoms with Crippen molar-refractivity contribution in [2.75, 3.05) is 18.6 Å². The average Bonchev–Trinajstić information content (AvgIpc) is 2.27. The van der Waals surface area contributed by atoms with Crippen molar-refractivity contribution in [3.63, 3.8) is 0 Å². The van der Waals surface area contributed by atoms with Gasteiger partial charge >= 0.3 is 0 Å². The fourth-order valence-electron chi connectivity index (χ4n) is 1.28. The Morgan fingerprint density at radius 2 is 2.41 bits per heavy atom. The monoisotopic (exact) mass is 318 g/mol. The Morgan fingerprint density at radius 3 is 3.00 bits per heavy atom. The van der Waals surface area contributed by atoms with Crippen LogP contribution in [0.3, 0.4) is 0 Å². The third kappa shape index (κ3) is 4.65. The summed E-state index contributed by atoms with van der Waals surface area (Å²) < 4.78 is 0.502. The van der Waals surface area contributed by atoms with Gasteiger partial charge in [0.05, 0.1) is 11.2 Å². The summed E-state index contributed by atoms with van der Waals surface area (Å²) in [5, 5.41) is 12.6. The van der Waals surface area contributed by atoms with E-state index in [-0.39, 0.29) is 12.5 Å². The minimum atomic E-state index is -0.899. The van der Waals surface area contributed by atoms with E-state index in [0.29, 0.717) is 15.9 Å². The molecule has 0 aromatic carbocycles. The van der Waals surface area contributed by atoms with Gasteiger partial charge in [-0.25, -0.2) is 4.98 Å². The summed E-state index contributed by atoms with van der Waals surface area (Å²) in [6.45, 7) is 1.91. The quantitative estimate of drug-likeness (QED) is 0.811. The molecule has 0 bridgehead atoms. The molecule has 0 saturated carbocycles. The van der Waals surface area contributed by atoms with Gasteiger partial charge in [-0.15, -0.1) is 0 Å². The number of nitrogens with one attached hydrogen (secondary N) is 1. The Hall–Kier alpha value is -0.590. The molecule has 0 aliphatic rings. The van der Waals surface area contributed by atoms with Gasteiger partial charge in [0.1, 0.15) is 4.60 Å². The average molecular weight is 319 g/mol. The summed E-state index contributed by atoms with van der Waals surface area (Å²) in [6.07, 6.45) is 3.51. The molecule has 1 rings (SSSR count). The molecule has 0 radical (unpaired) electrons. The van der Waals surface area contributed by atoms with E-state index < -0.39 is 5.60 Å². The third-order valence-electron chi connectivity index (χ3n) is 2.09. The Bertz CT molecular complexity index is 399. The van der Waals surface area contributed by atoms with Crippen molar-refractivity contribution in [1.82, 2.24) is 10.3 Å². The van der Waals surface area contributed by atoms with Crippen LogP contribution in [0.25, 0.3) is 0 Å². The van der Waals surface area contributed by atoms with E-state index in [1.54, 1.807) is 25.3 Å². The molecular formula is C11H15BrN2O2S. The topological polar surface area (TPSA) is 62.2 Å². The zero-order chi connectivity index (χ0) is 12.9. The molecule has 0 aliphatic heterocycles. The first kappa shape index (κ1) is 14.5. The van der Waals surface area contributed by atoms with Gasteiger partial charge in [0.25, 0.3) is 5.91 Å². The SMILES string of the molecule is CSCC(C)(O)CNC(=O)c1cccnc1Br. The van der Waals surface area contributed by atoms with Gasteiger partial charge in [-0.2, -0.15) is 11.8 Å². The Labute approximate surface area is 113 Å². The highest BCUT2D eigenvalue weighted by Crippen LogP contribution is 2.13. The number of rotatable bonds is 5. The lowest BCUT2D eigenvalue weighted by atomic mass is 10.1. The summed E-state index contributed by atoms with van der Waals surface area (Å²) in [7, 11) is 0. The van der Waals surface area contributed by atoms with Gasteiger partial charge in [-0.1, -0.05) is 0 Å². The normalized spacial score (nSPS) is 14.1. The molecule has 1 unspecified atom stereocenters. The van der Waals surface area contributed by atoms with Crippen molar-refractivity contribution in [1.29, 1.82) is 0 Å². The standard InChI is InChI=1S/C11H15BrN2O2S/c1-11(16,7-17-2)6-14-10(15)8-4-3-5-13-9(8)12/h3-5,16H,6-7H2,1-2H3,(H,14,15). The van der Waals surface area contributed by atoms with E-state index in [9.17, 15) is 9.90 Å². The van der Waals surface area contributed by atoms with E-state index in [0.717, 1.165) is 0 Å². The van der Waals surface area contributed by atoms with Crippen LogP contribution in [0.1, 0.15) is 17.3 Å². The number of thioether (sulfide) groups is 1. The highest BCUT2D eigenvalue weighted by Gasteiger charge is 2.21. The number of aliphatic hydroxyl groups is 1. The Balaban J connectivity index is 2.59. The van der Waals surface area contributed by atoms with Crippen LogP contribution in [-0.4, -0.2) is 40.2 Å². The van der Waals surface area contributed by atoms with Gasteiger partial charge in [-0.05, 0) is 41.2 Å². The fraction of sp³-hybridized carbons (Fsp3) is 0.455. The zero-order valence-corrected chi connectivity index (χ0v) is 12.1. The van der Waals surface area contributed by atoms with Crippen LogP contribution >= 0.6 is 27.7 Å². The number of carbonyl (C=O) groups excluding carboxylic acids is 1. The van der Waals surface area contributed by atoms with Crippen LogP contribution in [0.2, 0.25) is 0 Å². The van der Waals surface area contributed by atoms with Gasteiger partial charge < -0.3 is 10.4 Å². The van der Waals surface area contributed by atoms with Crippen LogP contribution < -0.4 is 5.32 Å². The molecule has 2 N–H and O–H groups in total. The van der Waals surface area contributed by atoms with E-state index >= 15 is 0 Å². The maximum atomic E-state index is 11.8. The van der Waals surface area contributed by atoms with Crippen LogP contribution in [0.5, 0.6) is 0 Å². The number of pyridine rings is 1. The van der Waals surface area contributed by atoms with Crippen molar-refractivity contribution in [3.8, 4) is 0 Å².